The Morgan fingerprint density at radius 1 is 1.04 bits per heavy atom. The smallest absolute Gasteiger partial charge is 0.243 e. The molecule has 1 saturated heterocycles. The third-order valence-corrected chi connectivity index (χ3v) is 7.58. The summed E-state index contributed by atoms with van der Waals surface area (Å²) in [7, 11) is -3.63. The number of benzene rings is 1. The van der Waals surface area contributed by atoms with Gasteiger partial charge in [-0.25, -0.2) is 8.42 Å². The van der Waals surface area contributed by atoms with Crippen LogP contribution in [0.15, 0.2) is 39.9 Å². The maximum atomic E-state index is 13.0. The zero-order chi connectivity index (χ0) is 19.6. The van der Waals surface area contributed by atoms with Gasteiger partial charge in [0.25, 0.3) is 0 Å². The number of carbonyl (C=O) groups excluding carboxylic acids is 1. The number of sulfonamides is 1. The highest BCUT2D eigenvalue weighted by atomic mass is 32.2. The van der Waals surface area contributed by atoms with Crippen molar-refractivity contribution in [2.24, 2.45) is 0 Å². The average molecular weight is 423 g/mol. The van der Waals surface area contributed by atoms with Crippen LogP contribution in [0.3, 0.4) is 0 Å². The van der Waals surface area contributed by atoms with Gasteiger partial charge in [-0.05, 0) is 40.9 Å². The molecule has 2 aromatic rings. The fourth-order valence-electron chi connectivity index (χ4n) is 3.36. The molecule has 4 rings (SSSR count). The van der Waals surface area contributed by atoms with E-state index in [1.165, 1.54) is 10.4 Å². The van der Waals surface area contributed by atoms with Crippen molar-refractivity contribution >= 4 is 27.3 Å². The van der Waals surface area contributed by atoms with E-state index in [9.17, 15) is 13.2 Å². The Balaban J connectivity index is 1.36. The second kappa shape index (κ2) is 8.10. The summed E-state index contributed by atoms with van der Waals surface area (Å²) in [6, 6.07) is 6.71. The maximum absolute atomic E-state index is 13.0. The maximum Gasteiger partial charge on any atom is 0.243 e. The van der Waals surface area contributed by atoms with Crippen LogP contribution in [0.25, 0.3) is 0 Å². The van der Waals surface area contributed by atoms with Crippen LogP contribution in [0.4, 0.5) is 0 Å². The first kappa shape index (κ1) is 19.2. The quantitative estimate of drug-likeness (QED) is 0.737. The first-order chi connectivity index (χ1) is 13.5. The van der Waals surface area contributed by atoms with Crippen molar-refractivity contribution in [3.63, 3.8) is 0 Å². The van der Waals surface area contributed by atoms with Crippen LogP contribution >= 0.6 is 11.3 Å². The second-order valence-electron chi connectivity index (χ2n) is 6.72. The third kappa shape index (κ3) is 4.01. The molecule has 3 heterocycles. The SMILES string of the molecule is O=C(CCc1ccsc1)N1CCN(S(=O)(=O)c2ccc3c(c2)OCCO3)CC1. The molecular formula is C19H22N2O5S2. The summed E-state index contributed by atoms with van der Waals surface area (Å²) in [6.45, 7) is 2.27. The fraction of sp³-hybridized carbons (Fsp3) is 0.421. The highest BCUT2D eigenvalue weighted by Crippen LogP contribution is 2.33. The predicted octanol–water partition coefficient (Wildman–Crippen LogP) is 1.99. The number of amides is 1. The van der Waals surface area contributed by atoms with Gasteiger partial charge in [-0.15, -0.1) is 0 Å². The summed E-state index contributed by atoms with van der Waals surface area (Å²) in [4.78, 5) is 14.4. The number of hydrogen-bond donors (Lipinski definition) is 0. The standard InChI is InChI=1S/C19H22N2O5S2/c22-19(4-1-15-5-12-27-14-15)20-6-8-21(9-7-20)28(23,24)16-2-3-17-18(13-16)26-11-10-25-17/h2-3,5,12-14H,1,4,6-11H2. The van der Waals surface area contributed by atoms with Crippen LogP contribution in [0.2, 0.25) is 0 Å². The Labute approximate surface area is 168 Å². The second-order valence-corrected chi connectivity index (χ2v) is 9.44. The topological polar surface area (TPSA) is 76.2 Å². The number of ether oxygens (including phenoxy) is 2. The summed E-state index contributed by atoms with van der Waals surface area (Å²) in [5.41, 5.74) is 1.16. The van der Waals surface area contributed by atoms with Gasteiger partial charge in [0.2, 0.25) is 15.9 Å². The van der Waals surface area contributed by atoms with Crippen LogP contribution in [-0.2, 0) is 21.2 Å². The van der Waals surface area contributed by atoms with Crippen LogP contribution in [0, 0.1) is 0 Å². The number of hydrogen-bond acceptors (Lipinski definition) is 6. The molecule has 9 heteroatoms. The van der Waals surface area contributed by atoms with Crippen molar-refractivity contribution in [2.45, 2.75) is 17.7 Å². The van der Waals surface area contributed by atoms with Gasteiger partial charge in [0.05, 0.1) is 4.90 Å². The summed E-state index contributed by atoms with van der Waals surface area (Å²) in [6.07, 6.45) is 1.17. The highest BCUT2D eigenvalue weighted by Gasteiger charge is 2.31. The lowest BCUT2D eigenvalue weighted by Gasteiger charge is -2.34. The van der Waals surface area contributed by atoms with Gasteiger partial charge in [-0.1, -0.05) is 0 Å². The number of piperazine rings is 1. The van der Waals surface area contributed by atoms with Crippen molar-refractivity contribution in [2.75, 3.05) is 39.4 Å². The molecule has 0 saturated carbocycles. The minimum absolute atomic E-state index is 0.0718. The van der Waals surface area contributed by atoms with E-state index in [2.05, 4.69) is 0 Å². The molecule has 0 spiro atoms. The van der Waals surface area contributed by atoms with E-state index in [0.717, 1.165) is 12.0 Å². The molecule has 1 fully saturated rings. The molecule has 1 amide bonds. The monoisotopic (exact) mass is 422 g/mol. The van der Waals surface area contributed by atoms with Gasteiger partial charge in [0, 0.05) is 38.7 Å². The van der Waals surface area contributed by atoms with Crippen LogP contribution < -0.4 is 9.47 Å². The van der Waals surface area contributed by atoms with Gasteiger partial charge in [-0.2, -0.15) is 15.6 Å². The zero-order valence-corrected chi connectivity index (χ0v) is 17.0. The molecule has 2 aliphatic heterocycles. The van der Waals surface area contributed by atoms with Gasteiger partial charge in [0.1, 0.15) is 13.2 Å². The number of rotatable bonds is 5. The average Bonchev–Trinajstić information content (AvgIpc) is 3.25. The first-order valence-electron chi connectivity index (χ1n) is 9.23. The zero-order valence-electron chi connectivity index (χ0n) is 15.4. The number of aryl methyl sites for hydroxylation is 1. The predicted molar refractivity (Wildman–Crippen MR) is 105 cm³/mol. The minimum Gasteiger partial charge on any atom is -0.486 e. The normalized spacial score (nSPS) is 17.5. The Morgan fingerprint density at radius 2 is 1.79 bits per heavy atom. The molecule has 28 heavy (non-hydrogen) atoms. The molecule has 0 radical (unpaired) electrons. The number of carbonyl (C=O) groups is 1. The van der Waals surface area contributed by atoms with E-state index >= 15 is 0 Å². The van der Waals surface area contributed by atoms with Gasteiger partial charge in [0.15, 0.2) is 11.5 Å². The third-order valence-electron chi connectivity index (χ3n) is 4.95. The molecule has 0 bridgehead atoms. The number of fused-ring (bicyclic) bond motifs is 1. The lowest BCUT2D eigenvalue weighted by Crippen LogP contribution is -2.50. The molecule has 2 aliphatic rings. The van der Waals surface area contributed by atoms with Crippen molar-refractivity contribution in [1.29, 1.82) is 0 Å². The lowest BCUT2D eigenvalue weighted by molar-refractivity contribution is -0.132. The Kier molecular flexibility index (Phi) is 5.56. The summed E-state index contributed by atoms with van der Waals surface area (Å²) < 4.78 is 38.3. The van der Waals surface area contributed by atoms with Crippen molar-refractivity contribution < 1.29 is 22.7 Å². The van der Waals surface area contributed by atoms with E-state index in [4.69, 9.17) is 9.47 Å². The molecule has 1 aromatic heterocycles. The number of thiophene rings is 1. The lowest BCUT2D eigenvalue weighted by atomic mass is 10.1. The minimum atomic E-state index is -3.63. The van der Waals surface area contributed by atoms with E-state index < -0.39 is 10.0 Å². The molecule has 0 atom stereocenters. The van der Waals surface area contributed by atoms with Crippen molar-refractivity contribution in [1.82, 2.24) is 9.21 Å². The van der Waals surface area contributed by atoms with Crippen LogP contribution in [0.1, 0.15) is 12.0 Å². The Bertz CT molecular complexity index is 935. The Morgan fingerprint density at radius 3 is 2.50 bits per heavy atom. The molecular weight excluding hydrogens is 400 g/mol. The summed E-state index contributed by atoms with van der Waals surface area (Å²) in [5, 5.41) is 4.05. The fourth-order valence-corrected chi connectivity index (χ4v) is 5.50. The van der Waals surface area contributed by atoms with E-state index in [0.29, 0.717) is 57.3 Å². The van der Waals surface area contributed by atoms with E-state index in [-0.39, 0.29) is 10.8 Å². The van der Waals surface area contributed by atoms with Crippen LogP contribution in [0.5, 0.6) is 11.5 Å². The molecule has 0 unspecified atom stereocenters. The first-order valence-corrected chi connectivity index (χ1v) is 11.6. The molecule has 150 valence electrons. The molecule has 0 aliphatic carbocycles. The van der Waals surface area contributed by atoms with Gasteiger partial charge < -0.3 is 14.4 Å². The number of nitrogens with zero attached hydrogens (tertiary/aromatic N) is 2. The van der Waals surface area contributed by atoms with E-state index in [1.807, 2.05) is 16.8 Å². The van der Waals surface area contributed by atoms with Crippen LogP contribution in [-0.4, -0.2) is 62.9 Å². The molecule has 7 nitrogen and oxygen atoms in total. The molecule has 0 N–H and O–H groups in total. The summed E-state index contributed by atoms with van der Waals surface area (Å²) in [5.74, 6) is 1.09. The Hall–Kier alpha value is -2.10. The largest absolute Gasteiger partial charge is 0.486 e. The highest BCUT2D eigenvalue weighted by molar-refractivity contribution is 7.89. The van der Waals surface area contributed by atoms with Crippen molar-refractivity contribution in [3.05, 3.63) is 40.6 Å². The van der Waals surface area contributed by atoms with Crippen molar-refractivity contribution in [3.8, 4) is 11.5 Å². The van der Waals surface area contributed by atoms with Gasteiger partial charge >= 0.3 is 0 Å². The molecule has 1 aromatic carbocycles. The van der Waals surface area contributed by atoms with E-state index in [1.54, 1.807) is 28.4 Å². The summed E-state index contributed by atoms with van der Waals surface area (Å²) >= 11 is 1.62. The van der Waals surface area contributed by atoms with Gasteiger partial charge in [-0.3, -0.25) is 4.79 Å².